The van der Waals surface area contributed by atoms with Gasteiger partial charge in [-0.1, -0.05) is 18.2 Å². The summed E-state index contributed by atoms with van der Waals surface area (Å²) in [6, 6.07) is 9.15. The lowest BCUT2D eigenvalue weighted by Crippen LogP contribution is -2.45. The lowest BCUT2D eigenvalue weighted by molar-refractivity contribution is -0.137. The van der Waals surface area contributed by atoms with Crippen molar-refractivity contribution in [1.82, 2.24) is 0 Å². The fraction of sp³-hybridized carbons (Fsp3) is 0.385. The molecule has 0 aromatic heterocycles. The quantitative estimate of drug-likeness (QED) is 0.888. The van der Waals surface area contributed by atoms with Crippen molar-refractivity contribution in [3.05, 3.63) is 30.3 Å². The van der Waals surface area contributed by atoms with Crippen molar-refractivity contribution in [2.24, 2.45) is 0 Å². The summed E-state index contributed by atoms with van der Waals surface area (Å²) in [6.07, 6.45) is -0.0477. The average molecular weight is 249 g/mol. The summed E-state index contributed by atoms with van der Waals surface area (Å²) in [4.78, 5) is 24.0. The third-order valence-corrected chi connectivity index (χ3v) is 3.12. The highest BCUT2D eigenvalue weighted by atomic mass is 16.6. The second-order valence-corrected chi connectivity index (χ2v) is 4.62. The molecular formula is C13H15NO4. The standard InChI is InChI=1S/C13H15NO4/c1-13(8-7-11(15)16)9-18-12(17)14(13)10-5-3-2-4-6-10/h2-6H,7-9H2,1H3,(H,15,16). The zero-order valence-corrected chi connectivity index (χ0v) is 10.1. The molecule has 2 rings (SSSR count). The molecule has 1 aliphatic rings. The Hall–Kier alpha value is -2.04. The van der Waals surface area contributed by atoms with Crippen LogP contribution in [0.1, 0.15) is 19.8 Å². The van der Waals surface area contributed by atoms with E-state index < -0.39 is 17.6 Å². The van der Waals surface area contributed by atoms with Crippen LogP contribution in [0.2, 0.25) is 0 Å². The SMILES string of the molecule is CC1(CCC(=O)O)COC(=O)N1c1ccccc1. The topological polar surface area (TPSA) is 66.8 Å². The fourth-order valence-electron chi connectivity index (χ4n) is 2.12. The van der Waals surface area contributed by atoms with Crippen LogP contribution in [0.4, 0.5) is 10.5 Å². The average Bonchev–Trinajstić information content (AvgIpc) is 2.65. The summed E-state index contributed by atoms with van der Waals surface area (Å²) in [5.41, 5.74) is 0.129. The summed E-state index contributed by atoms with van der Waals surface area (Å²) in [5, 5.41) is 8.77. The maximum atomic E-state index is 11.8. The Kier molecular flexibility index (Phi) is 3.23. The van der Waals surface area contributed by atoms with Gasteiger partial charge in [0.15, 0.2) is 0 Å². The number of carbonyl (C=O) groups is 2. The molecule has 1 atom stereocenters. The van der Waals surface area contributed by atoms with Crippen LogP contribution in [0.3, 0.4) is 0 Å². The molecule has 1 fully saturated rings. The molecule has 18 heavy (non-hydrogen) atoms. The summed E-state index contributed by atoms with van der Waals surface area (Å²) in [6.45, 7) is 2.06. The largest absolute Gasteiger partial charge is 0.481 e. The molecule has 0 spiro atoms. The molecular weight excluding hydrogens is 234 g/mol. The Morgan fingerprint density at radius 1 is 1.44 bits per heavy atom. The van der Waals surface area contributed by atoms with Crippen LogP contribution in [0.25, 0.3) is 0 Å². The predicted octanol–water partition coefficient (Wildman–Crippen LogP) is 2.27. The van der Waals surface area contributed by atoms with Gasteiger partial charge in [-0.25, -0.2) is 4.79 Å². The Morgan fingerprint density at radius 3 is 2.72 bits per heavy atom. The van der Waals surface area contributed by atoms with E-state index in [4.69, 9.17) is 9.84 Å². The molecule has 0 radical (unpaired) electrons. The Bertz CT molecular complexity index is 459. The number of hydrogen-bond acceptors (Lipinski definition) is 3. The Labute approximate surface area is 105 Å². The Morgan fingerprint density at radius 2 is 2.11 bits per heavy atom. The van der Waals surface area contributed by atoms with Crippen LogP contribution in [0.15, 0.2) is 30.3 Å². The van der Waals surface area contributed by atoms with Crippen LogP contribution in [0, 0.1) is 0 Å². The van der Waals surface area contributed by atoms with Crippen molar-refractivity contribution in [3.8, 4) is 0 Å². The molecule has 0 bridgehead atoms. The van der Waals surface area contributed by atoms with Crippen molar-refractivity contribution in [2.45, 2.75) is 25.3 Å². The number of ether oxygens (including phenoxy) is 1. The first-order valence-corrected chi connectivity index (χ1v) is 5.77. The van der Waals surface area contributed by atoms with Crippen LogP contribution in [-0.2, 0) is 9.53 Å². The van der Waals surface area contributed by atoms with Crippen LogP contribution in [0.5, 0.6) is 0 Å². The monoisotopic (exact) mass is 249 g/mol. The minimum absolute atomic E-state index is 0.0104. The van der Waals surface area contributed by atoms with Gasteiger partial charge in [-0.15, -0.1) is 0 Å². The maximum Gasteiger partial charge on any atom is 0.415 e. The minimum atomic E-state index is -0.872. The highest BCUT2D eigenvalue weighted by Crippen LogP contribution is 2.33. The first-order chi connectivity index (χ1) is 8.53. The first-order valence-electron chi connectivity index (χ1n) is 5.77. The molecule has 5 heteroatoms. The van der Waals surface area contributed by atoms with E-state index in [1.807, 2.05) is 37.3 Å². The highest BCUT2D eigenvalue weighted by Gasteiger charge is 2.44. The van der Waals surface area contributed by atoms with Gasteiger partial charge < -0.3 is 9.84 Å². The lowest BCUT2D eigenvalue weighted by Gasteiger charge is -2.31. The number of benzene rings is 1. The summed E-state index contributed by atoms with van der Waals surface area (Å²) in [7, 11) is 0. The van der Waals surface area contributed by atoms with Gasteiger partial charge in [0, 0.05) is 12.1 Å². The molecule has 1 aromatic rings. The lowest BCUT2D eigenvalue weighted by atomic mass is 9.95. The number of carboxylic acids is 1. The second-order valence-electron chi connectivity index (χ2n) is 4.62. The second kappa shape index (κ2) is 4.68. The van der Waals surface area contributed by atoms with Crippen molar-refractivity contribution < 1.29 is 19.4 Å². The van der Waals surface area contributed by atoms with E-state index in [1.54, 1.807) is 0 Å². The molecule has 0 saturated carbocycles. The zero-order valence-electron chi connectivity index (χ0n) is 10.1. The van der Waals surface area contributed by atoms with Crippen LogP contribution >= 0.6 is 0 Å². The molecule has 1 aromatic carbocycles. The molecule has 5 nitrogen and oxygen atoms in total. The minimum Gasteiger partial charge on any atom is -0.481 e. The number of amides is 1. The molecule has 1 heterocycles. The summed E-state index contributed by atoms with van der Waals surface area (Å²) < 4.78 is 5.06. The number of carboxylic acid groups (broad SMARTS) is 1. The van der Waals surface area contributed by atoms with Crippen molar-refractivity contribution in [3.63, 3.8) is 0 Å². The third-order valence-electron chi connectivity index (χ3n) is 3.12. The maximum absolute atomic E-state index is 11.8. The van der Waals surface area contributed by atoms with Gasteiger partial charge in [0.05, 0.1) is 5.54 Å². The van der Waals surface area contributed by atoms with Gasteiger partial charge in [-0.2, -0.15) is 0 Å². The number of anilines is 1. The number of rotatable bonds is 4. The van der Waals surface area contributed by atoms with Crippen molar-refractivity contribution >= 4 is 17.7 Å². The van der Waals surface area contributed by atoms with Gasteiger partial charge in [-0.3, -0.25) is 9.69 Å². The van der Waals surface area contributed by atoms with Gasteiger partial charge in [-0.05, 0) is 25.5 Å². The van der Waals surface area contributed by atoms with Gasteiger partial charge in [0.1, 0.15) is 6.61 Å². The van der Waals surface area contributed by atoms with Gasteiger partial charge in [0.2, 0.25) is 0 Å². The number of cyclic esters (lactones) is 1. The highest BCUT2D eigenvalue weighted by molar-refractivity contribution is 5.91. The first kappa shape index (κ1) is 12.4. The molecule has 1 saturated heterocycles. The van der Waals surface area contributed by atoms with E-state index in [2.05, 4.69) is 0 Å². The van der Waals surface area contributed by atoms with E-state index in [-0.39, 0.29) is 13.0 Å². The number of para-hydroxylation sites is 1. The van der Waals surface area contributed by atoms with E-state index in [0.29, 0.717) is 6.42 Å². The number of hydrogen-bond donors (Lipinski definition) is 1. The van der Waals surface area contributed by atoms with E-state index in [9.17, 15) is 9.59 Å². The van der Waals surface area contributed by atoms with E-state index in [0.717, 1.165) is 5.69 Å². The summed E-state index contributed by atoms with van der Waals surface area (Å²) >= 11 is 0. The Balaban J connectivity index is 2.24. The molecule has 1 unspecified atom stereocenters. The molecule has 96 valence electrons. The molecule has 0 aliphatic carbocycles. The third kappa shape index (κ3) is 2.30. The molecule has 1 N–H and O–H groups in total. The van der Waals surface area contributed by atoms with E-state index in [1.165, 1.54) is 4.90 Å². The van der Waals surface area contributed by atoms with Crippen LogP contribution in [-0.4, -0.2) is 29.3 Å². The van der Waals surface area contributed by atoms with Crippen molar-refractivity contribution in [1.29, 1.82) is 0 Å². The number of carbonyl (C=O) groups excluding carboxylic acids is 1. The van der Waals surface area contributed by atoms with Crippen molar-refractivity contribution in [2.75, 3.05) is 11.5 Å². The fourth-order valence-corrected chi connectivity index (χ4v) is 2.12. The van der Waals surface area contributed by atoms with E-state index >= 15 is 0 Å². The number of nitrogens with zero attached hydrogens (tertiary/aromatic N) is 1. The molecule has 1 amide bonds. The summed E-state index contributed by atoms with van der Waals surface area (Å²) in [5.74, 6) is -0.872. The number of aliphatic carboxylic acids is 1. The van der Waals surface area contributed by atoms with Gasteiger partial charge >= 0.3 is 12.1 Å². The predicted molar refractivity (Wildman–Crippen MR) is 65.5 cm³/mol. The van der Waals surface area contributed by atoms with Gasteiger partial charge in [0.25, 0.3) is 0 Å². The normalized spacial score (nSPS) is 22.9. The molecule has 1 aliphatic heterocycles. The zero-order chi connectivity index (χ0) is 13.2. The van der Waals surface area contributed by atoms with Crippen LogP contribution < -0.4 is 4.90 Å². The smallest absolute Gasteiger partial charge is 0.415 e.